The van der Waals surface area contributed by atoms with Gasteiger partial charge >= 0.3 is 0 Å². The number of aliphatic hydroxyl groups is 1. The van der Waals surface area contributed by atoms with E-state index in [9.17, 15) is 27.9 Å². The van der Waals surface area contributed by atoms with E-state index in [2.05, 4.69) is 21.2 Å². The molecule has 2 N–H and O–H groups in total. The maximum Gasteiger partial charge on any atom is 0.273 e. The number of aromatic nitrogens is 1. The van der Waals surface area contributed by atoms with E-state index in [1.807, 2.05) is 0 Å². The van der Waals surface area contributed by atoms with Crippen molar-refractivity contribution in [3.63, 3.8) is 0 Å². The number of aryl methyl sites for hydroxylation is 1. The third-order valence-corrected chi connectivity index (χ3v) is 5.56. The number of nitrogens with zero attached hydrogens (tertiary/aromatic N) is 1. The van der Waals surface area contributed by atoms with E-state index in [4.69, 9.17) is 4.74 Å². The minimum atomic E-state index is -1.14. The Kier molecular flexibility index (Phi) is 7.52. The van der Waals surface area contributed by atoms with E-state index in [-0.39, 0.29) is 45.9 Å². The van der Waals surface area contributed by atoms with Crippen molar-refractivity contribution >= 4 is 21.8 Å². The number of hydrogen-bond acceptors (Lipinski definition) is 4. The van der Waals surface area contributed by atoms with Crippen LogP contribution in [0.25, 0.3) is 5.69 Å². The molecule has 0 aliphatic carbocycles. The molecule has 2 aromatic carbocycles. The third kappa shape index (κ3) is 5.87. The highest BCUT2D eigenvalue weighted by molar-refractivity contribution is 9.10. The van der Waals surface area contributed by atoms with Crippen molar-refractivity contribution in [1.29, 1.82) is 0 Å². The van der Waals surface area contributed by atoms with Crippen molar-refractivity contribution in [2.75, 3.05) is 6.54 Å². The van der Waals surface area contributed by atoms with Gasteiger partial charge in [-0.15, -0.1) is 0 Å². The van der Waals surface area contributed by atoms with Crippen molar-refractivity contribution in [3.8, 4) is 11.4 Å². The summed E-state index contributed by atoms with van der Waals surface area (Å²) in [6.45, 7) is 4.30. The van der Waals surface area contributed by atoms with Crippen LogP contribution in [0.5, 0.6) is 5.75 Å². The average Bonchev–Trinajstić information content (AvgIpc) is 2.75. The molecule has 0 atom stereocenters. The van der Waals surface area contributed by atoms with Gasteiger partial charge in [-0.2, -0.15) is 0 Å². The molecule has 0 aliphatic heterocycles. The van der Waals surface area contributed by atoms with Crippen LogP contribution in [0.3, 0.4) is 0 Å². The Bertz CT molecular complexity index is 1300. The van der Waals surface area contributed by atoms with Crippen LogP contribution in [0, 0.1) is 24.4 Å². The second-order valence-corrected chi connectivity index (χ2v) is 9.08. The Morgan fingerprint density at radius 2 is 1.82 bits per heavy atom. The van der Waals surface area contributed by atoms with Crippen LogP contribution in [-0.4, -0.2) is 27.7 Å². The lowest BCUT2D eigenvalue weighted by Crippen LogP contribution is -2.38. The van der Waals surface area contributed by atoms with Crippen molar-refractivity contribution in [1.82, 2.24) is 9.88 Å². The predicted molar refractivity (Wildman–Crippen MR) is 124 cm³/mol. The Morgan fingerprint density at radius 3 is 2.47 bits per heavy atom. The van der Waals surface area contributed by atoms with Gasteiger partial charge in [0.25, 0.3) is 11.5 Å². The van der Waals surface area contributed by atoms with Crippen molar-refractivity contribution in [2.45, 2.75) is 33.0 Å². The molecular formula is C24H22BrF3N2O4. The summed E-state index contributed by atoms with van der Waals surface area (Å²) in [6, 6.07) is 8.06. The van der Waals surface area contributed by atoms with Gasteiger partial charge in [-0.1, -0.05) is 0 Å². The number of benzene rings is 2. The third-order valence-electron chi connectivity index (χ3n) is 4.83. The second kappa shape index (κ2) is 10.0. The molecule has 3 rings (SSSR count). The highest BCUT2D eigenvalue weighted by atomic mass is 79.9. The van der Waals surface area contributed by atoms with Gasteiger partial charge in [0.2, 0.25) is 0 Å². The molecular weight excluding hydrogens is 517 g/mol. The van der Waals surface area contributed by atoms with Gasteiger partial charge in [0.1, 0.15) is 34.3 Å². The predicted octanol–water partition coefficient (Wildman–Crippen LogP) is 4.41. The van der Waals surface area contributed by atoms with Gasteiger partial charge in [-0.3, -0.25) is 14.2 Å². The van der Waals surface area contributed by atoms with Crippen molar-refractivity contribution in [3.05, 3.63) is 91.6 Å². The first-order valence-corrected chi connectivity index (χ1v) is 11.0. The lowest BCUT2D eigenvalue weighted by molar-refractivity contribution is 0.0694. The van der Waals surface area contributed by atoms with Crippen molar-refractivity contribution in [2.24, 2.45) is 0 Å². The topological polar surface area (TPSA) is 80.6 Å². The fourth-order valence-electron chi connectivity index (χ4n) is 3.10. The monoisotopic (exact) mass is 538 g/mol. The molecule has 0 saturated carbocycles. The number of carbonyl (C=O) groups is 1. The average molecular weight is 539 g/mol. The molecule has 6 nitrogen and oxygen atoms in total. The van der Waals surface area contributed by atoms with Gasteiger partial charge in [-0.25, -0.2) is 13.2 Å². The molecule has 10 heteroatoms. The minimum absolute atomic E-state index is 0.0241. The first-order valence-electron chi connectivity index (χ1n) is 10.2. The summed E-state index contributed by atoms with van der Waals surface area (Å²) in [6.07, 6.45) is 0. The zero-order valence-electron chi connectivity index (χ0n) is 18.6. The van der Waals surface area contributed by atoms with E-state index < -0.39 is 34.5 Å². The summed E-state index contributed by atoms with van der Waals surface area (Å²) in [5.74, 6) is -2.71. The van der Waals surface area contributed by atoms with Crippen LogP contribution in [0.4, 0.5) is 13.2 Å². The lowest BCUT2D eigenvalue weighted by Gasteiger charge is -2.18. The van der Waals surface area contributed by atoms with E-state index in [0.717, 1.165) is 22.8 Å². The first-order chi connectivity index (χ1) is 15.9. The molecule has 0 spiro atoms. The molecule has 0 bridgehead atoms. The summed E-state index contributed by atoms with van der Waals surface area (Å²) < 4.78 is 48.2. The standard InChI is InChI=1S/C24H22BrF3N2O4/c1-13-8-20(34-11-15-4-6-16(26)10-18(15)28)21(25)23(32)30(13)19-9-14(5-7-17(19)27)22(31)29-12-24(2,3)33/h4-10,33H,11-12H2,1-3H3,(H,29,31). The number of rotatable bonds is 7. The minimum Gasteiger partial charge on any atom is -0.487 e. The molecule has 0 unspecified atom stereocenters. The lowest BCUT2D eigenvalue weighted by atomic mass is 10.1. The van der Waals surface area contributed by atoms with Gasteiger partial charge in [0.15, 0.2) is 0 Å². The molecule has 180 valence electrons. The molecule has 0 radical (unpaired) electrons. The number of hydrogen-bond donors (Lipinski definition) is 2. The van der Waals surface area contributed by atoms with E-state index in [0.29, 0.717) is 0 Å². The zero-order valence-corrected chi connectivity index (χ0v) is 20.2. The summed E-state index contributed by atoms with van der Waals surface area (Å²) in [4.78, 5) is 25.5. The van der Waals surface area contributed by atoms with E-state index in [1.165, 1.54) is 38.1 Å². The largest absolute Gasteiger partial charge is 0.487 e. The molecule has 1 amide bonds. The van der Waals surface area contributed by atoms with E-state index in [1.54, 1.807) is 6.92 Å². The molecule has 0 fully saturated rings. The number of carbonyl (C=O) groups excluding carboxylic acids is 1. The Morgan fingerprint density at radius 1 is 1.12 bits per heavy atom. The molecule has 34 heavy (non-hydrogen) atoms. The molecule has 1 aromatic heterocycles. The second-order valence-electron chi connectivity index (χ2n) is 8.29. The Balaban J connectivity index is 1.93. The van der Waals surface area contributed by atoms with Gasteiger partial charge in [0, 0.05) is 35.5 Å². The summed E-state index contributed by atoms with van der Waals surface area (Å²) >= 11 is 3.14. The quantitative estimate of drug-likeness (QED) is 0.467. The highest BCUT2D eigenvalue weighted by Gasteiger charge is 2.20. The first kappa shape index (κ1) is 25.5. The van der Waals surface area contributed by atoms with Crippen LogP contribution in [0.2, 0.25) is 0 Å². The highest BCUT2D eigenvalue weighted by Crippen LogP contribution is 2.26. The van der Waals surface area contributed by atoms with Gasteiger partial charge in [-0.05, 0) is 67.0 Å². The smallest absolute Gasteiger partial charge is 0.273 e. The number of nitrogens with one attached hydrogen (secondary N) is 1. The summed E-state index contributed by atoms with van der Waals surface area (Å²) in [5.41, 5.74) is -1.49. The SMILES string of the molecule is Cc1cc(OCc2ccc(F)cc2F)c(Br)c(=O)n1-c1cc(C(=O)NCC(C)(C)O)ccc1F. The van der Waals surface area contributed by atoms with Crippen LogP contribution in [0.1, 0.15) is 35.5 Å². The van der Waals surface area contributed by atoms with Crippen molar-refractivity contribution < 1.29 is 27.8 Å². The van der Waals surface area contributed by atoms with E-state index >= 15 is 0 Å². The molecule has 0 aliphatic rings. The van der Waals surface area contributed by atoms with Gasteiger partial charge < -0.3 is 15.2 Å². The number of amides is 1. The van der Waals surface area contributed by atoms with Crippen LogP contribution in [-0.2, 0) is 6.61 Å². The zero-order chi connectivity index (χ0) is 25.2. The maximum atomic E-state index is 14.7. The molecule has 3 aromatic rings. The maximum absolute atomic E-state index is 14.7. The normalized spacial score (nSPS) is 11.4. The van der Waals surface area contributed by atoms with Crippen LogP contribution in [0.15, 0.2) is 51.7 Å². The molecule has 0 saturated heterocycles. The Labute approximate surface area is 202 Å². The number of halogens is 4. The van der Waals surface area contributed by atoms with Crippen LogP contribution < -0.4 is 15.6 Å². The fourth-order valence-corrected chi connectivity index (χ4v) is 3.51. The van der Waals surface area contributed by atoms with Gasteiger partial charge in [0.05, 0.1) is 11.3 Å². The Hall–Kier alpha value is -3.11. The fraction of sp³-hybridized carbons (Fsp3) is 0.250. The number of pyridine rings is 1. The van der Waals surface area contributed by atoms with Crippen LogP contribution >= 0.6 is 15.9 Å². The summed E-state index contributed by atoms with van der Waals surface area (Å²) in [5, 5.41) is 12.3. The molecule has 1 heterocycles. The number of ether oxygens (including phenoxy) is 1. The summed E-state index contributed by atoms with van der Waals surface area (Å²) in [7, 11) is 0.